The summed E-state index contributed by atoms with van der Waals surface area (Å²) >= 11 is 0. The summed E-state index contributed by atoms with van der Waals surface area (Å²) in [5.41, 5.74) is 0.595. The Morgan fingerprint density at radius 1 is 1.40 bits per heavy atom. The Bertz CT molecular complexity index is 545. The van der Waals surface area contributed by atoms with Gasteiger partial charge in [0.15, 0.2) is 0 Å². The summed E-state index contributed by atoms with van der Waals surface area (Å²) in [5, 5.41) is 9.16. The summed E-state index contributed by atoms with van der Waals surface area (Å²) in [7, 11) is -0.0499. The number of nitrogens with zero attached hydrogens (tertiary/aromatic N) is 2. The summed E-state index contributed by atoms with van der Waals surface area (Å²) in [6.45, 7) is 1.58. The van der Waals surface area contributed by atoms with Crippen molar-refractivity contribution in [2.45, 2.75) is 24.3 Å². The Morgan fingerprint density at radius 3 is 2.55 bits per heavy atom. The molecular weight excluding hydrogens is 280 g/mol. The molecule has 6 nitrogen and oxygen atoms in total. The first-order valence-electron chi connectivity index (χ1n) is 6.74. The van der Waals surface area contributed by atoms with Crippen LogP contribution in [0.5, 0.6) is 0 Å². The molecule has 1 fully saturated rings. The molecule has 2 rings (SSSR count). The van der Waals surface area contributed by atoms with Crippen LogP contribution in [0.1, 0.15) is 18.5 Å². The number of hydrogen-bond donors (Lipinski definition) is 1. The maximum Gasteiger partial charge on any atom is 0.244 e. The monoisotopic (exact) mass is 302 g/mol. The minimum Gasteiger partial charge on any atom is -0.390 e. The summed E-state index contributed by atoms with van der Waals surface area (Å²) < 4.78 is 33.4. The molecule has 0 aromatic carbocycles. The smallest absolute Gasteiger partial charge is 0.244 e. The summed E-state index contributed by atoms with van der Waals surface area (Å²) in [6, 6.07) is 1.54. The molecule has 0 atom stereocenters. The summed E-state index contributed by atoms with van der Waals surface area (Å²) in [4.78, 5) is 0.259. The molecule has 0 saturated carbocycles. The largest absolute Gasteiger partial charge is 0.390 e. The van der Waals surface area contributed by atoms with Gasteiger partial charge in [-0.2, -0.15) is 4.31 Å². The molecule has 1 N–H and O–H groups in total. The summed E-state index contributed by atoms with van der Waals surface area (Å²) in [6.07, 6.45) is 3.21. The van der Waals surface area contributed by atoms with Gasteiger partial charge in [-0.15, -0.1) is 0 Å². The number of rotatable bonds is 5. The van der Waals surface area contributed by atoms with Crippen LogP contribution in [-0.4, -0.2) is 49.2 Å². The van der Waals surface area contributed by atoms with Gasteiger partial charge in [-0.25, -0.2) is 8.42 Å². The van der Waals surface area contributed by atoms with Gasteiger partial charge < -0.3 is 14.4 Å². The fraction of sp³-hybridized carbons (Fsp3) is 0.692. The van der Waals surface area contributed by atoms with Crippen LogP contribution >= 0.6 is 0 Å². The first-order chi connectivity index (χ1) is 9.48. The summed E-state index contributed by atoms with van der Waals surface area (Å²) in [5.74, 6) is 0.440. The van der Waals surface area contributed by atoms with Gasteiger partial charge in [-0.05, 0) is 24.8 Å². The number of sulfonamides is 1. The molecule has 0 aliphatic carbocycles. The lowest BCUT2D eigenvalue weighted by Gasteiger charge is -2.30. The van der Waals surface area contributed by atoms with E-state index < -0.39 is 10.0 Å². The molecule has 1 aromatic rings. The third-order valence-corrected chi connectivity index (χ3v) is 5.72. The maximum atomic E-state index is 12.5. The molecule has 7 heteroatoms. The molecule has 1 saturated heterocycles. The van der Waals surface area contributed by atoms with Gasteiger partial charge in [-0.3, -0.25) is 0 Å². The van der Waals surface area contributed by atoms with Crippen LogP contribution in [0.2, 0.25) is 0 Å². The highest BCUT2D eigenvalue weighted by Gasteiger charge is 2.30. The Balaban J connectivity index is 2.11. The van der Waals surface area contributed by atoms with Crippen molar-refractivity contribution < 1.29 is 18.3 Å². The van der Waals surface area contributed by atoms with Gasteiger partial charge in [0.1, 0.15) is 4.90 Å². The van der Waals surface area contributed by atoms with E-state index in [1.54, 1.807) is 24.9 Å². The Morgan fingerprint density at radius 2 is 2.05 bits per heavy atom. The predicted octanol–water partition coefficient (Wildman–Crippen LogP) is 0.565. The number of aliphatic hydroxyl groups is 1. The van der Waals surface area contributed by atoms with Gasteiger partial charge in [0, 0.05) is 45.7 Å². The molecule has 0 spiro atoms. The second kappa shape index (κ2) is 6.26. The van der Waals surface area contributed by atoms with Crippen LogP contribution < -0.4 is 0 Å². The van der Waals surface area contributed by atoms with E-state index in [9.17, 15) is 8.42 Å². The molecular formula is C13H22N2O4S. The molecule has 1 aliphatic rings. The lowest BCUT2D eigenvalue weighted by molar-refractivity contribution is 0.121. The number of methoxy groups -OCH3 is 1. The van der Waals surface area contributed by atoms with Crippen LogP contribution in [0, 0.1) is 5.92 Å². The van der Waals surface area contributed by atoms with Gasteiger partial charge >= 0.3 is 0 Å². The molecule has 0 bridgehead atoms. The van der Waals surface area contributed by atoms with Crippen molar-refractivity contribution >= 4 is 10.0 Å². The van der Waals surface area contributed by atoms with Crippen molar-refractivity contribution in [2.24, 2.45) is 13.0 Å². The van der Waals surface area contributed by atoms with E-state index in [-0.39, 0.29) is 11.5 Å². The van der Waals surface area contributed by atoms with Crippen LogP contribution in [0.4, 0.5) is 0 Å². The molecule has 0 amide bonds. The van der Waals surface area contributed by atoms with Gasteiger partial charge in [0.25, 0.3) is 0 Å². The highest BCUT2D eigenvalue weighted by atomic mass is 32.2. The zero-order valence-corrected chi connectivity index (χ0v) is 12.8. The standard InChI is InChI=1S/C13H22N2O4S/c1-14-8-13(7-12(14)9-16)20(17,18)15-5-3-11(4-6-15)10-19-2/h7-8,11,16H,3-6,9-10H2,1-2H3. The first-order valence-corrected chi connectivity index (χ1v) is 8.18. The van der Waals surface area contributed by atoms with Crippen molar-refractivity contribution in [3.63, 3.8) is 0 Å². The molecule has 114 valence electrons. The molecule has 20 heavy (non-hydrogen) atoms. The molecule has 0 radical (unpaired) electrons. The average molecular weight is 302 g/mol. The third-order valence-electron chi connectivity index (χ3n) is 3.86. The SMILES string of the molecule is COCC1CCN(S(=O)(=O)c2cc(CO)n(C)c2)CC1. The highest BCUT2D eigenvalue weighted by molar-refractivity contribution is 7.89. The normalized spacial score (nSPS) is 18.6. The minimum atomic E-state index is -3.45. The Hall–Kier alpha value is -0.890. The van der Waals surface area contributed by atoms with E-state index in [1.165, 1.54) is 10.4 Å². The van der Waals surface area contributed by atoms with E-state index in [0.717, 1.165) is 12.8 Å². The zero-order valence-electron chi connectivity index (χ0n) is 11.9. The Labute approximate surface area is 120 Å². The third kappa shape index (κ3) is 3.06. The van der Waals surface area contributed by atoms with Crippen molar-refractivity contribution in [1.29, 1.82) is 0 Å². The number of aromatic nitrogens is 1. The topological polar surface area (TPSA) is 71.8 Å². The van der Waals surface area contributed by atoms with Crippen LogP contribution in [0.15, 0.2) is 17.2 Å². The maximum absolute atomic E-state index is 12.5. The van der Waals surface area contributed by atoms with Gasteiger partial charge in [-0.1, -0.05) is 0 Å². The number of aryl methyl sites for hydroxylation is 1. The Kier molecular flexibility index (Phi) is 4.85. The number of piperidine rings is 1. The van der Waals surface area contributed by atoms with E-state index in [4.69, 9.17) is 9.84 Å². The molecule has 0 unspecified atom stereocenters. The lowest BCUT2D eigenvalue weighted by atomic mass is 9.99. The van der Waals surface area contributed by atoms with E-state index >= 15 is 0 Å². The quantitative estimate of drug-likeness (QED) is 0.863. The second-order valence-corrected chi connectivity index (χ2v) is 7.18. The molecule has 1 aliphatic heterocycles. The highest BCUT2D eigenvalue weighted by Crippen LogP contribution is 2.25. The van der Waals surface area contributed by atoms with Gasteiger partial charge in [0.05, 0.1) is 6.61 Å². The van der Waals surface area contributed by atoms with E-state index in [0.29, 0.717) is 31.3 Å². The van der Waals surface area contributed by atoms with E-state index in [1.807, 2.05) is 0 Å². The molecule has 1 aromatic heterocycles. The zero-order chi connectivity index (χ0) is 14.8. The minimum absolute atomic E-state index is 0.165. The number of hydrogen-bond acceptors (Lipinski definition) is 4. The van der Waals surface area contributed by atoms with Crippen molar-refractivity contribution in [3.8, 4) is 0 Å². The molecule has 2 heterocycles. The average Bonchev–Trinajstić information content (AvgIpc) is 2.82. The van der Waals surface area contributed by atoms with Gasteiger partial charge in [0.2, 0.25) is 10.0 Å². The van der Waals surface area contributed by atoms with Crippen molar-refractivity contribution in [2.75, 3.05) is 26.8 Å². The van der Waals surface area contributed by atoms with Crippen LogP contribution in [0.25, 0.3) is 0 Å². The van der Waals surface area contributed by atoms with E-state index in [2.05, 4.69) is 0 Å². The number of aliphatic hydroxyl groups excluding tert-OH is 1. The van der Waals surface area contributed by atoms with Crippen molar-refractivity contribution in [3.05, 3.63) is 18.0 Å². The number of ether oxygens (including phenoxy) is 1. The fourth-order valence-corrected chi connectivity index (χ4v) is 4.14. The fourth-order valence-electron chi connectivity index (χ4n) is 2.58. The second-order valence-electron chi connectivity index (χ2n) is 5.24. The predicted molar refractivity (Wildman–Crippen MR) is 74.7 cm³/mol. The van der Waals surface area contributed by atoms with Crippen LogP contribution in [-0.2, 0) is 28.4 Å². The van der Waals surface area contributed by atoms with Crippen LogP contribution in [0.3, 0.4) is 0 Å². The first kappa shape index (κ1) is 15.5. The lowest BCUT2D eigenvalue weighted by Crippen LogP contribution is -2.39. The van der Waals surface area contributed by atoms with Crippen molar-refractivity contribution in [1.82, 2.24) is 8.87 Å².